The van der Waals surface area contributed by atoms with Gasteiger partial charge in [-0.1, -0.05) is 18.2 Å². The fourth-order valence-corrected chi connectivity index (χ4v) is 1.71. The lowest BCUT2D eigenvalue weighted by molar-refractivity contribution is -0.166. The van der Waals surface area contributed by atoms with Gasteiger partial charge in [0.05, 0.1) is 7.11 Å². The number of alkyl carbamates (subject to hydrolysis) is 1. The van der Waals surface area contributed by atoms with Gasteiger partial charge in [-0.05, 0) is 12.1 Å². The van der Waals surface area contributed by atoms with E-state index in [2.05, 4.69) is 9.47 Å². The molecule has 0 heterocycles. The Balaban J connectivity index is 2.89. The first-order valence-electron chi connectivity index (χ1n) is 6.80. The maximum absolute atomic E-state index is 12.2. The summed E-state index contributed by atoms with van der Waals surface area (Å²) in [5.41, 5.74) is 0. The standard InChI is InChI=1S/C15H17NO8/c1-9(17)24-13(14(19)20)12(16-15(21)22-2)11(18)8-23-10-6-4-3-5-7-10/h3-7,12-13H,8H2,1-2H3,(H,16,21)(H,19,20). The second-order valence-electron chi connectivity index (χ2n) is 4.55. The summed E-state index contributed by atoms with van der Waals surface area (Å²) in [6.07, 6.45) is -2.96. The highest BCUT2D eigenvalue weighted by atomic mass is 16.6. The molecule has 0 bridgehead atoms. The van der Waals surface area contributed by atoms with Crippen LogP contribution in [-0.4, -0.2) is 54.8 Å². The summed E-state index contributed by atoms with van der Waals surface area (Å²) in [5.74, 6) is -2.95. The van der Waals surface area contributed by atoms with Gasteiger partial charge in [0, 0.05) is 6.92 Å². The van der Waals surface area contributed by atoms with Crippen LogP contribution in [0.4, 0.5) is 4.79 Å². The minimum absolute atomic E-state index is 0.377. The Hall–Kier alpha value is -3.10. The molecule has 2 atom stereocenters. The van der Waals surface area contributed by atoms with E-state index in [-0.39, 0.29) is 0 Å². The van der Waals surface area contributed by atoms with Gasteiger partial charge in [-0.15, -0.1) is 0 Å². The normalized spacial score (nSPS) is 12.4. The summed E-state index contributed by atoms with van der Waals surface area (Å²) in [6.45, 7) is 0.444. The zero-order valence-electron chi connectivity index (χ0n) is 13.1. The summed E-state index contributed by atoms with van der Waals surface area (Å²) < 4.78 is 14.2. The van der Waals surface area contributed by atoms with Crippen molar-refractivity contribution >= 4 is 23.8 Å². The molecule has 1 rings (SSSR count). The number of amides is 1. The van der Waals surface area contributed by atoms with E-state index in [1.807, 2.05) is 5.32 Å². The van der Waals surface area contributed by atoms with Gasteiger partial charge in [0.15, 0.2) is 5.78 Å². The number of rotatable bonds is 8. The predicted octanol–water partition coefficient (Wildman–Crippen LogP) is 0.375. The molecule has 9 heteroatoms. The number of carbonyl (C=O) groups is 4. The molecule has 130 valence electrons. The van der Waals surface area contributed by atoms with Crippen LogP contribution in [0.3, 0.4) is 0 Å². The molecule has 0 saturated heterocycles. The van der Waals surface area contributed by atoms with Crippen molar-refractivity contribution in [2.75, 3.05) is 13.7 Å². The number of ether oxygens (including phenoxy) is 3. The van der Waals surface area contributed by atoms with Crippen LogP contribution >= 0.6 is 0 Å². The first kappa shape index (κ1) is 18.9. The Bertz CT molecular complexity index is 601. The van der Waals surface area contributed by atoms with Crippen molar-refractivity contribution < 1.29 is 38.5 Å². The van der Waals surface area contributed by atoms with E-state index >= 15 is 0 Å². The van der Waals surface area contributed by atoms with Crippen molar-refractivity contribution in [3.05, 3.63) is 30.3 Å². The molecule has 0 aromatic heterocycles. The van der Waals surface area contributed by atoms with Crippen molar-refractivity contribution in [3.63, 3.8) is 0 Å². The summed E-state index contributed by atoms with van der Waals surface area (Å²) in [7, 11) is 1.04. The van der Waals surface area contributed by atoms with Crippen LogP contribution in [0, 0.1) is 0 Å². The molecule has 0 aliphatic rings. The van der Waals surface area contributed by atoms with Crippen LogP contribution < -0.4 is 10.1 Å². The van der Waals surface area contributed by atoms with Gasteiger partial charge >= 0.3 is 18.0 Å². The summed E-state index contributed by atoms with van der Waals surface area (Å²) in [5, 5.41) is 11.2. The van der Waals surface area contributed by atoms with Gasteiger partial charge in [0.25, 0.3) is 0 Å². The molecular formula is C15H17NO8. The Morgan fingerprint density at radius 3 is 2.29 bits per heavy atom. The number of carboxylic acids is 1. The van der Waals surface area contributed by atoms with Crippen LogP contribution in [0.5, 0.6) is 5.75 Å². The van der Waals surface area contributed by atoms with Crippen LogP contribution in [0.1, 0.15) is 6.92 Å². The predicted molar refractivity (Wildman–Crippen MR) is 79.5 cm³/mol. The van der Waals surface area contributed by atoms with Gasteiger partial charge in [0.1, 0.15) is 18.4 Å². The van der Waals surface area contributed by atoms with Gasteiger partial charge < -0.3 is 24.6 Å². The number of esters is 1. The maximum atomic E-state index is 12.2. The molecule has 0 aliphatic carbocycles. The lowest BCUT2D eigenvalue weighted by Crippen LogP contribution is -2.54. The summed E-state index contributed by atoms with van der Waals surface area (Å²) in [6, 6.07) is 6.64. The van der Waals surface area contributed by atoms with E-state index in [1.165, 1.54) is 0 Å². The third-order valence-electron chi connectivity index (χ3n) is 2.77. The molecule has 2 unspecified atom stereocenters. The lowest BCUT2D eigenvalue weighted by atomic mass is 10.1. The Labute approximate surface area is 137 Å². The average Bonchev–Trinajstić information content (AvgIpc) is 2.56. The summed E-state index contributed by atoms with van der Waals surface area (Å²) in [4.78, 5) is 45.9. The molecular weight excluding hydrogens is 322 g/mol. The van der Waals surface area contributed by atoms with Gasteiger partial charge in [-0.3, -0.25) is 9.59 Å². The fraction of sp³-hybridized carbons (Fsp3) is 0.333. The second kappa shape index (κ2) is 9.13. The Kier molecular flexibility index (Phi) is 7.21. The van der Waals surface area contributed by atoms with Crippen LogP contribution in [-0.2, 0) is 23.9 Å². The number of hydrogen-bond donors (Lipinski definition) is 2. The van der Waals surface area contributed by atoms with E-state index in [9.17, 15) is 19.2 Å². The molecule has 0 spiro atoms. The Morgan fingerprint density at radius 2 is 1.79 bits per heavy atom. The monoisotopic (exact) mass is 339 g/mol. The topological polar surface area (TPSA) is 128 Å². The molecule has 0 fully saturated rings. The highest BCUT2D eigenvalue weighted by Gasteiger charge is 2.38. The van der Waals surface area contributed by atoms with Crippen molar-refractivity contribution in [2.45, 2.75) is 19.1 Å². The second-order valence-corrected chi connectivity index (χ2v) is 4.55. The number of ketones is 1. The third kappa shape index (κ3) is 5.95. The van der Waals surface area contributed by atoms with E-state index < -0.39 is 42.6 Å². The van der Waals surface area contributed by atoms with E-state index in [1.54, 1.807) is 30.3 Å². The van der Waals surface area contributed by atoms with Crippen LogP contribution in [0.2, 0.25) is 0 Å². The molecule has 9 nitrogen and oxygen atoms in total. The number of benzene rings is 1. The van der Waals surface area contributed by atoms with E-state index in [4.69, 9.17) is 9.84 Å². The Morgan fingerprint density at radius 1 is 1.17 bits per heavy atom. The number of carbonyl (C=O) groups excluding carboxylic acids is 3. The largest absolute Gasteiger partial charge is 0.486 e. The zero-order chi connectivity index (χ0) is 18.1. The summed E-state index contributed by atoms with van der Waals surface area (Å²) >= 11 is 0. The van der Waals surface area contributed by atoms with Gasteiger partial charge in [-0.25, -0.2) is 9.59 Å². The van der Waals surface area contributed by atoms with E-state index in [0.29, 0.717) is 5.75 Å². The van der Waals surface area contributed by atoms with Crippen molar-refractivity contribution in [1.82, 2.24) is 5.32 Å². The molecule has 1 amide bonds. The van der Waals surface area contributed by atoms with Crippen LogP contribution in [0.15, 0.2) is 30.3 Å². The van der Waals surface area contributed by atoms with Crippen molar-refractivity contribution in [3.8, 4) is 5.75 Å². The highest BCUT2D eigenvalue weighted by molar-refractivity contribution is 5.94. The third-order valence-corrected chi connectivity index (χ3v) is 2.77. The molecule has 0 aliphatic heterocycles. The van der Waals surface area contributed by atoms with Gasteiger partial charge in [0.2, 0.25) is 6.10 Å². The minimum Gasteiger partial charge on any atom is -0.486 e. The van der Waals surface area contributed by atoms with E-state index in [0.717, 1.165) is 14.0 Å². The first-order valence-corrected chi connectivity index (χ1v) is 6.80. The number of methoxy groups -OCH3 is 1. The fourth-order valence-electron chi connectivity index (χ4n) is 1.71. The van der Waals surface area contributed by atoms with Crippen molar-refractivity contribution in [1.29, 1.82) is 0 Å². The maximum Gasteiger partial charge on any atom is 0.407 e. The van der Waals surface area contributed by atoms with Crippen molar-refractivity contribution in [2.24, 2.45) is 0 Å². The zero-order valence-corrected chi connectivity index (χ0v) is 13.1. The minimum atomic E-state index is -1.91. The number of Topliss-reactive ketones (excluding diaryl/α,β-unsaturated/α-hetero) is 1. The number of hydrogen-bond acceptors (Lipinski definition) is 7. The molecule has 0 radical (unpaired) electrons. The average molecular weight is 339 g/mol. The molecule has 24 heavy (non-hydrogen) atoms. The quantitative estimate of drug-likeness (QED) is 0.650. The number of para-hydroxylation sites is 1. The number of nitrogens with one attached hydrogen (secondary N) is 1. The number of aliphatic carboxylic acids is 1. The molecule has 1 aromatic rings. The number of carboxylic acid groups (broad SMARTS) is 1. The molecule has 2 N–H and O–H groups in total. The lowest BCUT2D eigenvalue weighted by Gasteiger charge is -2.23. The smallest absolute Gasteiger partial charge is 0.407 e. The highest BCUT2D eigenvalue weighted by Crippen LogP contribution is 2.10. The molecule has 0 saturated carbocycles. The van der Waals surface area contributed by atoms with Crippen LogP contribution in [0.25, 0.3) is 0 Å². The SMILES string of the molecule is COC(=O)NC(C(=O)COc1ccccc1)C(OC(C)=O)C(=O)O. The molecule has 1 aromatic carbocycles. The van der Waals surface area contributed by atoms with Gasteiger partial charge in [-0.2, -0.15) is 0 Å². The first-order chi connectivity index (χ1) is 11.3.